The van der Waals surface area contributed by atoms with E-state index in [1.807, 2.05) is 0 Å². The van der Waals surface area contributed by atoms with Crippen LogP contribution in [0.15, 0.2) is 35.1 Å². The number of carbonyl (C=O) groups is 2. The van der Waals surface area contributed by atoms with E-state index in [0.717, 1.165) is 31.3 Å². The van der Waals surface area contributed by atoms with Crippen molar-refractivity contribution in [3.8, 4) is 0 Å². The second-order valence-electron chi connectivity index (χ2n) is 7.96. The van der Waals surface area contributed by atoms with Gasteiger partial charge < -0.3 is 9.47 Å². The quantitative estimate of drug-likeness (QED) is 0.389. The van der Waals surface area contributed by atoms with Crippen LogP contribution in [0.25, 0.3) is 0 Å². The minimum atomic E-state index is -0.361. The maximum Gasteiger partial charge on any atom is 0.313 e. The first-order valence-corrected chi connectivity index (χ1v) is 9.65. The zero-order valence-electron chi connectivity index (χ0n) is 16.7. The summed E-state index contributed by atoms with van der Waals surface area (Å²) in [6.07, 6.45) is 10.3. The molecule has 0 saturated carbocycles. The molecule has 0 aromatic heterocycles. The molecule has 0 amide bonds. The summed E-state index contributed by atoms with van der Waals surface area (Å²) in [5.74, 6) is -0.363. The number of hydrogen-bond donors (Lipinski definition) is 0. The number of fused-ring (bicyclic) bond motifs is 2. The molecule has 4 heteroatoms. The Morgan fingerprint density at radius 1 is 1.38 bits per heavy atom. The molecule has 2 bridgehead atoms. The normalized spacial score (nSPS) is 30.3. The van der Waals surface area contributed by atoms with Crippen LogP contribution in [-0.2, 0) is 19.1 Å². The summed E-state index contributed by atoms with van der Waals surface area (Å²) in [6.45, 7) is 9.91. The van der Waals surface area contributed by atoms with Gasteiger partial charge in [0.1, 0.15) is 6.10 Å². The molecular weight excluding hydrogens is 328 g/mol. The average Bonchev–Trinajstić information content (AvgIpc) is 2.88. The smallest absolute Gasteiger partial charge is 0.313 e. The molecule has 26 heavy (non-hydrogen) atoms. The molecule has 4 atom stereocenters. The molecule has 2 rings (SSSR count). The second kappa shape index (κ2) is 9.20. The first-order valence-electron chi connectivity index (χ1n) is 9.65. The van der Waals surface area contributed by atoms with Gasteiger partial charge in [-0.25, -0.2) is 0 Å². The molecule has 1 saturated heterocycles. The molecule has 1 heterocycles. The van der Waals surface area contributed by atoms with Crippen molar-refractivity contribution in [1.82, 2.24) is 0 Å². The van der Waals surface area contributed by atoms with Crippen molar-refractivity contribution in [1.29, 1.82) is 0 Å². The SMILES string of the molecule is CC(=O)O/C=C1/CC/C=C(\C)C[C@@H]2OC(=O)C1[C@H]2[C@@H](C)CCC=C(C)C. The number of esters is 2. The Bertz CT molecular complexity index is 622. The molecular formula is C22H32O4. The highest BCUT2D eigenvalue weighted by atomic mass is 16.6. The number of ether oxygens (including phenoxy) is 2. The molecule has 1 fully saturated rings. The second-order valence-corrected chi connectivity index (χ2v) is 7.96. The van der Waals surface area contributed by atoms with Crippen LogP contribution in [0.4, 0.5) is 0 Å². The summed E-state index contributed by atoms with van der Waals surface area (Å²) in [5, 5.41) is 0. The first kappa shape index (κ1) is 20.5. The maximum absolute atomic E-state index is 12.7. The van der Waals surface area contributed by atoms with Crippen LogP contribution in [0.3, 0.4) is 0 Å². The predicted octanol–water partition coefficient (Wildman–Crippen LogP) is 5.10. The zero-order chi connectivity index (χ0) is 19.3. The van der Waals surface area contributed by atoms with Crippen molar-refractivity contribution in [3.63, 3.8) is 0 Å². The van der Waals surface area contributed by atoms with E-state index in [9.17, 15) is 9.59 Å². The molecule has 0 spiro atoms. The van der Waals surface area contributed by atoms with E-state index in [1.165, 1.54) is 24.3 Å². The van der Waals surface area contributed by atoms with E-state index < -0.39 is 0 Å². The third kappa shape index (κ3) is 5.33. The van der Waals surface area contributed by atoms with Crippen molar-refractivity contribution in [2.24, 2.45) is 17.8 Å². The van der Waals surface area contributed by atoms with Gasteiger partial charge >= 0.3 is 11.9 Å². The van der Waals surface area contributed by atoms with Gasteiger partial charge in [-0.15, -0.1) is 0 Å². The van der Waals surface area contributed by atoms with Gasteiger partial charge in [-0.3, -0.25) is 9.59 Å². The van der Waals surface area contributed by atoms with Crippen molar-refractivity contribution in [2.45, 2.75) is 72.8 Å². The van der Waals surface area contributed by atoms with Crippen molar-refractivity contribution in [3.05, 3.63) is 35.1 Å². The lowest BCUT2D eigenvalue weighted by Gasteiger charge is -2.27. The number of hydrogen-bond acceptors (Lipinski definition) is 4. The highest BCUT2D eigenvalue weighted by Crippen LogP contribution is 2.44. The summed E-state index contributed by atoms with van der Waals surface area (Å²) in [5.41, 5.74) is 3.47. The lowest BCUT2D eigenvalue weighted by molar-refractivity contribution is -0.144. The van der Waals surface area contributed by atoms with E-state index in [2.05, 4.69) is 39.8 Å². The molecule has 1 aliphatic carbocycles. The highest BCUT2D eigenvalue weighted by Gasteiger charge is 2.48. The van der Waals surface area contributed by atoms with E-state index >= 15 is 0 Å². The van der Waals surface area contributed by atoms with Crippen LogP contribution in [0.2, 0.25) is 0 Å². The van der Waals surface area contributed by atoms with Crippen LogP contribution >= 0.6 is 0 Å². The molecule has 0 aromatic carbocycles. The predicted molar refractivity (Wildman–Crippen MR) is 102 cm³/mol. The van der Waals surface area contributed by atoms with E-state index in [0.29, 0.717) is 12.3 Å². The van der Waals surface area contributed by atoms with Crippen molar-refractivity contribution >= 4 is 11.9 Å². The van der Waals surface area contributed by atoms with E-state index in [4.69, 9.17) is 9.47 Å². The standard InChI is InChI=1S/C22H32O4/c1-14(2)8-6-10-16(4)20-19-12-15(3)9-7-11-18(13-25-17(5)23)21(20)22(24)26-19/h8-9,13,16,19-21H,6-7,10-12H2,1-5H3/b15-9+,18-13-/t16-,19-,20-,21?/m0/s1. The fourth-order valence-electron chi connectivity index (χ4n) is 4.10. The van der Waals surface area contributed by atoms with Gasteiger partial charge in [0.15, 0.2) is 0 Å². The number of allylic oxidation sites excluding steroid dienone is 3. The molecule has 2 aliphatic rings. The first-order chi connectivity index (χ1) is 12.3. The topological polar surface area (TPSA) is 52.6 Å². The van der Waals surface area contributed by atoms with Crippen LogP contribution < -0.4 is 0 Å². The average molecular weight is 360 g/mol. The van der Waals surface area contributed by atoms with E-state index in [-0.39, 0.29) is 29.9 Å². The minimum absolute atomic E-state index is 0.0933. The van der Waals surface area contributed by atoms with Gasteiger partial charge in [0.05, 0.1) is 12.2 Å². The van der Waals surface area contributed by atoms with Gasteiger partial charge in [0, 0.05) is 19.3 Å². The highest BCUT2D eigenvalue weighted by molar-refractivity contribution is 5.79. The number of rotatable bonds is 5. The van der Waals surface area contributed by atoms with Gasteiger partial charge in [-0.1, -0.05) is 30.2 Å². The Kier molecular flexibility index (Phi) is 7.24. The van der Waals surface area contributed by atoms with Gasteiger partial charge in [0.25, 0.3) is 0 Å². The van der Waals surface area contributed by atoms with Crippen LogP contribution in [-0.4, -0.2) is 18.0 Å². The molecule has 1 aliphatic heterocycles. The fraction of sp³-hybridized carbons (Fsp3) is 0.636. The minimum Gasteiger partial charge on any atom is -0.461 e. The molecule has 1 unspecified atom stereocenters. The van der Waals surface area contributed by atoms with Crippen molar-refractivity contribution < 1.29 is 19.1 Å². The Morgan fingerprint density at radius 2 is 2.12 bits per heavy atom. The number of carbonyl (C=O) groups excluding carboxylic acids is 2. The molecule has 0 radical (unpaired) electrons. The third-order valence-electron chi connectivity index (χ3n) is 5.39. The summed E-state index contributed by atoms with van der Waals surface area (Å²) >= 11 is 0. The summed E-state index contributed by atoms with van der Waals surface area (Å²) in [6, 6.07) is 0. The Morgan fingerprint density at radius 3 is 2.77 bits per heavy atom. The monoisotopic (exact) mass is 360 g/mol. The molecule has 144 valence electrons. The van der Waals surface area contributed by atoms with Crippen LogP contribution in [0, 0.1) is 17.8 Å². The van der Waals surface area contributed by atoms with E-state index in [1.54, 1.807) is 0 Å². The third-order valence-corrected chi connectivity index (χ3v) is 5.39. The van der Waals surface area contributed by atoms with Gasteiger partial charge in [0.2, 0.25) is 0 Å². The lowest BCUT2D eigenvalue weighted by atomic mass is 9.74. The molecule has 0 N–H and O–H groups in total. The Balaban J connectivity index is 2.31. The summed E-state index contributed by atoms with van der Waals surface area (Å²) < 4.78 is 10.9. The summed E-state index contributed by atoms with van der Waals surface area (Å²) in [4.78, 5) is 24.0. The largest absolute Gasteiger partial charge is 0.461 e. The lowest BCUT2D eigenvalue weighted by Crippen LogP contribution is -2.29. The zero-order valence-corrected chi connectivity index (χ0v) is 16.7. The molecule has 0 aromatic rings. The van der Waals surface area contributed by atoms with Crippen LogP contribution in [0.5, 0.6) is 0 Å². The van der Waals surface area contributed by atoms with Gasteiger partial charge in [-0.2, -0.15) is 0 Å². The van der Waals surface area contributed by atoms with Crippen LogP contribution in [0.1, 0.15) is 66.7 Å². The van der Waals surface area contributed by atoms with Crippen molar-refractivity contribution in [2.75, 3.05) is 0 Å². The Labute approximate surface area is 157 Å². The Hall–Kier alpha value is -1.84. The maximum atomic E-state index is 12.7. The molecule has 4 nitrogen and oxygen atoms in total. The summed E-state index contributed by atoms with van der Waals surface area (Å²) in [7, 11) is 0. The van der Waals surface area contributed by atoms with Gasteiger partial charge in [-0.05, 0) is 57.9 Å². The fourth-order valence-corrected chi connectivity index (χ4v) is 4.10.